The van der Waals surface area contributed by atoms with E-state index in [4.69, 9.17) is 10.5 Å². The molecule has 100 valence electrons. The summed E-state index contributed by atoms with van der Waals surface area (Å²) in [6.07, 6.45) is 0. The van der Waals surface area contributed by atoms with Crippen LogP contribution in [0.1, 0.15) is 23.1 Å². The molecule has 1 aliphatic rings. The lowest BCUT2D eigenvalue weighted by molar-refractivity contribution is 0.415. The van der Waals surface area contributed by atoms with Gasteiger partial charge in [0.05, 0.1) is 25.1 Å². The predicted molar refractivity (Wildman–Crippen MR) is 78.6 cm³/mol. The van der Waals surface area contributed by atoms with Gasteiger partial charge in [0.2, 0.25) is 0 Å². The van der Waals surface area contributed by atoms with Gasteiger partial charge >= 0.3 is 0 Å². The van der Waals surface area contributed by atoms with Crippen LogP contribution in [0.4, 0.5) is 11.4 Å². The predicted octanol–water partition coefficient (Wildman–Crippen LogP) is 3.05. The molecule has 2 aromatic rings. The van der Waals surface area contributed by atoms with Crippen LogP contribution in [0.25, 0.3) is 0 Å². The number of benzene rings is 2. The number of rotatable bonds is 2. The molecular weight excluding hydrogens is 250 g/mol. The van der Waals surface area contributed by atoms with Gasteiger partial charge in [-0.3, -0.25) is 0 Å². The smallest absolute Gasteiger partial charge is 0.120 e. The molecule has 0 aromatic heterocycles. The van der Waals surface area contributed by atoms with Gasteiger partial charge in [-0.2, -0.15) is 5.26 Å². The van der Waals surface area contributed by atoms with Gasteiger partial charge in [0.25, 0.3) is 0 Å². The number of fused-ring (bicyclic) bond motifs is 1. The number of nitriles is 1. The summed E-state index contributed by atoms with van der Waals surface area (Å²) >= 11 is 0. The zero-order valence-electron chi connectivity index (χ0n) is 11.1. The van der Waals surface area contributed by atoms with Crippen molar-refractivity contribution in [2.75, 3.05) is 18.2 Å². The average Bonchev–Trinajstić information content (AvgIpc) is 2.85. The van der Waals surface area contributed by atoms with Crippen molar-refractivity contribution in [3.63, 3.8) is 0 Å². The second-order valence-electron chi connectivity index (χ2n) is 4.85. The molecule has 2 atom stereocenters. The molecular formula is C16H15N3O. The second kappa shape index (κ2) is 4.78. The van der Waals surface area contributed by atoms with E-state index >= 15 is 0 Å². The topological polar surface area (TPSA) is 71.1 Å². The molecule has 0 fully saturated rings. The standard InChI is InChI=1S/C16H15N3O/c1-20-12-6-7-13-14(9-17)16(19-15(13)8-12)10-2-4-11(18)5-3-10/h2-8,14,16,19H,18H2,1H3. The molecule has 2 unspecified atom stereocenters. The third-order valence-electron chi connectivity index (χ3n) is 3.67. The molecule has 0 aliphatic carbocycles. The third kappa shape index (κ3) is 1.94. The zero-order valence-corrected chi connectivity index (χ0v) is 11.1. The van der Waals surface area contributed by atoms with E-state index < -0.39 is 0 Å². The maximum absolute atomic E-state index is 9.48. The molecule has 20 heavy (non-hydrogen) atoms. The van der Waals surface area contributed by atoms with E-state index in [1.807, 2.05) is 42.5 Å². The number of anilines is 2. The van der Waals surface area contributed by atoms with Crippen molar-refractivity contribution < 1.29 is 4.74 Å². The van der Waals surface area contributed by atoms with Gasteiger partial charge in [-0.25, -0.2) is 0 Å². The fourth-order valence-electron chi connectivity index (χ4n) is 2.61. The lowest BCUT2D eigenvalue weighted by Gasteiger charge is -2.15. The summed E-state index contributed by atoms with van der Waals surface area (Å²) < 4.78 is 5.23. The van der Waals surface area contributed by atoms with Crippen LogP contribution in [0.5, 0.6) is 5.75 Å². The maximum Gasteiger partial charge on any atom is 0.120 e. The Morgan fingerprint density at radius 1 is 1.20 bits per heavy atom. The van der Waals surface area contributed by atoms with E-state index in [0.29, 0.717) is 0 Å². The molecule has 0 radical (unpaired) electrons. The number of ether oxygens (including phenoxy) is 1. The van der Waals surface area contributed by atoms with Crippen molar-refractivity contribution >= 4 is 11.4 Å². The number of nitrogens with one attached hydrogen (secondary N) is 1. The Kier molecular flexibility index (Phi) is 2.96. The summed E-state index contributed by atoms with van der Waals surface area (Å²) in [6.45, 7) is 0. The van der Waals surface area contributed by atoms with Gasteiger partial charge in [0, 0.05) is 17.4 Å². The normalized spacial score (nSPS) is 19.8. The fraction of sp³-hybridized carbons (Fsp3) is 0.188. The number of hydrogen-bond donors (Lipinski definition) is 2. The van der Waals surface area contributed by atoms with Crippen molar-refractivity contribution in [1.29, 1.82) is 5.26 Å². The molecule has 0 saturated carbocycles. The van der Waals surface area contributed by atoms with Crippen molar-refractivity contribution in [3.05, 3.63) is 53.6 Å². The van der Waals surface area contributed by atoms with E-state index in [1.165, 1.54) is 0 Å². The quantitative estimate of drug-likeness (QED) is 0.819. The third-order valence-corrected chi connectivity index (χ3v) is 3.67. The number of methoxy groups -OCH3 is 1. The molecule has 0 bridgehead atoms. The van der Waals surface area contributed by atoms with Crippen LogP contribution in [0.15, 0.2) is 42.5 Å². The summed E-state index contributed by atoms with van der Waals surface area (Å²) in [6, 6.07) is 15.7. The number of nitrogen functional groups attached to an aromatic ring is 1. The van der Waals surface area contributed by atoms with Gasteiger partial charge in [0.15, 0.2) is 0 Å². The lowest BCUT2D eigenvalue weighted by atomic mass is 9.92. The summed E-state index contributed by atoms with van der Waals surface area (Å²) in [4.78, 5) is 0. The van der Waals surface area contributed by atoms with Crippen molar-refractivity contribution in [3.8, 4) is 11.8 Å². The highest BCUT2D eigenvalue weighted by molar-refractivity contribution is 5.65. The van der Waals surface area contributed by atoms with E-state index in [1.54, 1.807) is 7.11 Å². The van der Waals surface area contributed by atoms with Gasteiger partial charge in [-0.1, -0.05) is 18.2 Å². The minimum atomic E-state index is -0.209. The Hall–Kier alpha value is -2.67. The second-order valence-corrected chi connectivity index (χ2v) is 4.85. The average molecular weight is 265 g/mol. The summed E-state index contributed by atoms with van der Waals surface area (Å²) in [5.41, 5.74) is 9.46. The number of nitrogens with zero attached hydrogens (tertiary/aromatic N) is 1. The highest BCUT2D eigenvalue weighted by atomic mass is 16.5. The molecule has 0 saturated heterocycles. The molecule has 4 heteroatoms. The van der Waals surface area contributed by atoms with Crippen molar-refractivity contribution in [2.24, 2.45) is 0 Å². The molecule has 0 amide bonds. The fourth-order valence-corrected chi connectivity index (χ4v) is 2.61. The van der Waals surface area contributed by atoms with Crippen molar-refractivity contribution in [1.82, 2.24) is 0 Å². The number of hydrogen-bond acceptors (Lipinski definition) is 4. The Bertz CT molecular complexity index is 673. The van der Waals surface area contributed by atoms with E-state index in [-0.39, 0.29) is 12.0 Å². The van der Waals surface area contributed by atoms with Crippen LogP contribution in [-0.4, -0.2) is 7.11 Å². The lowest BCUT2D eigenvalue weighted by Crippen LogP contribution is -2.10. The Labute approximate surface area is 117 Å². The van der Waals surface area contributed by atoms with Crippen LogP contribution in [-0.2, 0) is 0 Å². The van der Waals surface area contributed by atoms with Crippen LogP contribution < -0.4 is 15.8 Å². The molecule has 1 heterocycles. The van der Waals surface area contributed by atoms with Crippen molar-refractivity contribution in [2.45, 2.75) is 12.0 Å². The van der Waals surface area contributed by atoms with Crippen LogP contribution >= 0.6 is 0 Å². The first-order chi connectivity index (χ1) is 9.72. The highest BCUT2D eigenvalue weighted by Crippen LogP contribution is 2.44. The molecule has 3 rings (SSSR count). The molecule has 3 N–H and O–H groups in total. The molecule has 4 nitrogen and oxygen atoms in total. The van der Waals surface area contributed by atoms with E-state index in [2.05, 4.69) is 11.4 Å². The summed E-state index contributed by atoms with van der Waals surface area (Å²) in [5, 5.41) is 12.9. The first kappa shape index (κ1) is 12.4. The van der Waals surface area contributed by atoms with Crippen LogP contribution in [0.3, 0.4) is 0 Å². The van der Waals surface area contributed by atoms with Gasteiger partial charge in [-0.05, 0) is 29.3 Å². The largest absolute Gasteiger partial charge is 0.497 e. The first-order valence-corrected chi connectivity index (χ1v) is 6.42. The van der Waals surface area contributed by atoms with Gasteiger partial charge < -0.3 is 15.8 Å². The highest BCUT2D eigenvalue weighted by Gasteiger charge is 2.33. The number of nitrogens with two attached hydrogens (primary N) is 1. The van der Waals surface area contributed by atoms with E-state index in [0.717, 1.165) is 28.3 Å². The summed E-state index contributed by atoms with van der Waals surface area (Å²) in [7, 11) is 1.63. The molecule has 0 spiro atoms. The summed E-state index contributed by atoms with van der Waals surface area (Å²) in [5.74, 6) is 0.574. The molecule has 2 aromatic carbocycles. The monoisotopic (exact) mass is 265 g/mol. The van der Waals surface area contributed by atoms with Crippen LogP contribution in [0, 0.1) is 11.3 Å². The Morgan fingerprint density at radius 3 is 2.60 bits per heavy atom. The SMILES string of the molecule is COc1ccc2c(c1)NC(c1ccc(N)cc1)C2C#N. The maximum atomic E-state index is 9.48. The van der Waals surface area contributed by atoms with Gasteiger partial charge in [0.1, 0.15) is 5.75 Å². The van der Waals surface area contributed by atoms with E-state index in [9.17, 15) is 5.26 Å². The Balaban J connectivity index is 2.00. The van der Waals surface area contributed by atoms with Gasteiger partial charge in [-0.15, -0.1) is 0 Å². The zero-order chi connectivity index (χ0) is 14.1. The minimum Gasteiger partial charge on any atom is -0.497 e. The first-order valence-electron chi connectivity index (χ1n) is 6.42. The minimum absolute atomic E-state index is 0.0530. The van der Waals surface area contributed by atoms with Crippen LogP contribution in [0.2, 0.25) is 0 Å². The Morgan fingerprint density at radius 2 is 1.95 bits per heavy atom. The molecule has 1 aliphatic heterocycles.